The van der Waals surface area contributed by atoms with E-state index in [0.29, 0.717) is 17.5 Å². The van der Waals surface area contributed by atoms with Crippen molar-refractivity contribution in [3.8, 4) is 45.3 Å². The molecule has 2 aromatic heterocycles. The van der Waals surface area contributed by atoms with Gasteiger partial charge in [-0.2, -0.15) is 0 Å². The van der Waals surface area contributed by atoms with E-state index in [4.69, 9.17) is 15.0 Å². The maximum absolute atomic E-state index is 5.25. The SMILES string of the molecule is c1ccc(-c2nc(-c3ccc4ccc5c6ccccc6ccc5c4c3)nc(-c3cccc4[se]c5c(-c6ccccc6)cccc5c34)n2)cc1. The molecule has 0 radical (unpaired) electrons. The van der Waals surface area contributed by atoms with Crippen LogP contribution in [0.4, 0.5) is 0 Å². The van der Waals surface area contributed by atoms with Crippen LogP contribution in [0.5, 0.6) is 0 Å². The van der Waals surface area contributed by atoms with Gasteiger partial charge < -0.3 is 0 Å². The monoisotopic (exact) mass is 689 g/mol. The molecular weight excluding hydrogens is 661 g/mol. The summed E-state index contributed by atoms with van der Waals surface area (Å²) in [6, 6.07) is 58.3. The first-order chi connectivity index (χ1) is 24.3. The van der Waals surface area contributed by atoms with Crippen LogP contribution in [0.25, 0.3) is 96.9 Å². The van der Waals surface area contributed by atoms with E-state index in [1.807, 2.05) is 18.2 Å². The van der Waals surface area contributed by atoms with Gasteiger partial charge in [-0.25, -0.2) is 0 Å². The Morgan fingerprint density at radius 2 is 0.939 bits per heavy atom. The molecule has 3 nitrogen and oxygen atoms in total. The molecule has 0 amide bonds. The van der Waals surface area contributed by atoms with Crippen LogP contribution in [-0.2, 0) is 0 Å². The summed E-state index contributed by atoms with van der Waals surface area (Å²) in [6.07, 6.45) is 0. The molecular formula is C45H27N3Se. The molecule has 4 heteroatoms. The van der Waals surface area contributed by atoms with Crippen LogP contribution in [0, 0.1) is 0 Å². The Bertz CT molecular complexity index is 2880. The van der Waals surface area contributed by atoms with Crippen molar-refractivity contribution in [3.05, 3.63) is 164 Å². The van der Waals surface area contributed by atoms with Crippen LogP contribution in [0.2, 0.25) is 0 Å². The third-order valence-corrected chi connectivity index (χ3v) is 12.0. The summed E-state index contributed by atoms with van der Waals surface area (Å²) in [4.78, 5) is 15.5. The molecule has 2 heterocycles. The van der Waals surface area contributed by atoms with Crippen molar-refractivity contribution < 1.29 is 0 Å². The van der Waals surface area contributed by atoms with E-state index in [2.05, 4.69) is 146 Å². The number of benzene rings is 8. The van der Waals surface area contributed by atoms with Crippen molar-refractivity contribution in [2.75, 3.05) is 0 Å². The van der Waals surface area contributed by atoms with E-state index in [1.165, 1.54) is 62.7 Å². The molecule has 10 rings (SSSR count). The number of hydrogen-bond donors (Lipinski definition) is 0. The molecule has 0 atom stereocenters. The predicted octanol–water partition coefficient (Wildman–Crippen LogP) is 11.4. The van der Waals surface area contributed by atoms with Crippen LogP contribution in [0.15, 0.2) is 164 Å². The van der Waals surface area contributed by atoms with E-state index in [0.717, 1.165) is 16.7 Å². The number of rotatable bonds is 4. The van der Waals surface area contributed by atoms with Gasteiger partial charge in [0.25, 0.3) is 0 Å². The van der Waals surface area contributed by atoms with Gasteiger partial charge in [-0.3, -0.25) is 0 Å². The number of aromatic nitrogens is 3. The Labute approximate surface area is 288 Å². The van der Waals surface area contributed by atoms with Gasteiger partial charge in [0.1, 0.15) is 0 Å². The van der Waals surface area contributed by atoms with Gasteiger partial charge in [0.2, 0.25) is 0 Å². The van der Waals surface area contributed by atoms with Crippen LogP contribution in [-0.4, -0.2) is 29.5 Å². The molecule has 0 aliphatic heterocycles. The topological polar surface area (TPSA) is 38.7 Å². The van der Waals surface area contributed by atoms with Crippen molar-refractivity contribution in [1.82, 2.24) is 15.0 Å². The molecule has 228 valence electrons. The Hall–Kier alpha value is -5.93. The summed E-state index contributed by atoms with van der Waals surface area (Å²) in [5, 5.41) is 9.88. The molecule has 0 saturated carbocycles. The Morgan fingerprint density at radius 3 is 1.76 bits per heavy atom. The third kappa shape index (κ3) is 4.69. The van der Waals surface area contributed by atoms with Gasteiger partial charge in [0, 0.05) is 0 Å². The molecule has 10 aromatic rings. The van der Waals surface area contributed by atoms with Gasteiger partial charge in [-0.15, -0.1) is 0 Å². The molecule has 0 aliphatic rings. The fraction of sp³-hybridized carbons (Fsp3) is 0. The number of hydrogen-bond acceptors (Lipinski definition) is 3. The molecule has 0 unspecified atom stereocenters. The summed E-state index contributed by atoms with van der Waals surface area (Å²) in [5.74, 6) is 2.03. The first-order valence-corrected chi connectivity index (χ1v) is 18.2. The number of fused-ring (bicyclic) bond motifs is 8. The summed E-state index contributed by atoms with van der Waals surface area (Å²) >= 11 is 0.162. The minimum absolute atomic E-state index is 0.162. The molecule has 8 aromatic carbocycles. The van der Waals surface area contributed by atoms with Crippen LogP contribution in [0.3, 0.4) is 0 Å². The van der Waals surface area contributed by atoms with Crippen molar-refractivity contribution >= 4 is 66.1 Å². The predicted molar refractivity (Wildman–Crippen MR) is 206 cm³/mol. The number of nitrogens with zero attached hydrogens (tertiary/aromatic N) is 3. The Kier molecular flexibility index (Phi) is 6.51. The Morgan fingerprint density at radius 1 is 0.347 bits per heavy atom. The van der Waals surface area contributed by atoms with E-state index in [-0.39, 0.29) is 14.5 Å². The van der Waals surface area contributed by atoms with Crippen LogP contribution >= 0.6 is 0 Å². The molecule has 0 bridgehead atoms. The van der Waals surface area contributed by atoms with Crippen molar-refractivity contribution in [2.45, 2.75) is 0 Å². The minimum atomic E-state index is 0.162. The Balaban J connectivity index is 1.21. The quantitative estimate of drug-likeness (QED) is 0.136. The first kappa shape index (κ1) is 28.1. The molecule has 0 aliphatic carbocycles. The second kappa shape index (κ2) is 11.3. The van der Waals surface area contributed by atoms with E-state index >= 15 is 0 Å². The fourth-order valence-corrected chi connectivity index (χ4v) is 9.83. The van der Waals surface area contributed by atoms with E-state index < -0.39 is 0 Å². The van der Waals surface area contributed by atoms with E-state index in [9.17, 15) is 0 Å². The van der Waals surface area contributed by atoms with Crippen LogP contribution in [0.1, 0.15) is 0 Å². The van der Waals surface area contributed by atoms with Gasteiger partial charge in [-0.05, 0) is 5.39 Å². The second-order valence-electron chi connectivity index (χ2n) is 12.4. The average Bonchev–Trinajstić information content (AvgIpc) is 3.57. The van der Waals surface area contributed by atoms with Gasteiger partial charge >= 0.3 is 260 Å². The summed E-state index contributed by atoms with van der Waals surface area (Å²) < 4.78 is 2.77. The molecule has 0 N–H and O–H groups in total. The molecule has 0 saturated heterocycles. The van der Waals surface area contributed by atoms with E-state index in [1.54, 1.807) is 0 Å². The van der Waals surface area contributed by atoms with Crippen molar-refractivity contribution in [2.24, 2.45) is 0 Å². The average molecular weight is 689 g/mol. The standard InChI is InChI=1S/C45H27N3Se/c1-3-11-28(12-4-1)34-17-9-18-37-41-38(19-10-20-40(41)49-42(34)37)45-47-43(31-14-5-2-6-15-31)46-44(48-45)32-22-21-30-24-25-35-33-16-8-7-13-29(33)23-26-36(35)39(30)27-32/h1-27H. The molecule has 0 fully saturated rings. The summed E-state index contributed by atoms with van der Waals surface area (Å²) in [6.45, 7) is 0. The second-order valence-corrected chi connectivity index (χ2v) is 14.6. The maximum atomic E-state index is 5.25. The fourth-order valence-electron chi connectivity index (χ4n) is 7.18. The van der Waals surface area contributed by atoms with Gasteiger partial charge in [0.05, 0.1) is 0 Å². The summed E-state index contributed by atoms with van der Waals surface area (Å²) in [5.41, 5.74) is 5.53. The first-order valence-electron chi connectivity index (χ1n) is 16.4. The van der Waals surface area contributed by atoms with Crippen molar-refractivity contribution in [1.29, 1.82) is 0 Å². The van der Waals surface area contributed by atoms with Crippen molar-refractivity contribution in [3.63, 3.8) is 0 Å². The molecule has 0 spiro atoms. The summed E-state index contributed by atoms with van der Waals surface area (Å²) in [7, 11) is 0. The zero-order valence-electron chi connectivity index (χ0n) is 26.3. The van der Waals surface area contributed by atoms with Gasteiger partial charge in [0.15, 0.2) is 0 Å². The zero-order chi connectivity index (χ0) is 32.3. The van der Waals surface area contributed by atoms with Gasteiger partial charge in [-0.1, -0.05) is 24.3 Å². The zero-order valence-corrected chi connectivity index (χ0v) is 28.1. The molecule has 49 heavy (non-hydrogen) atoms. The normalized spacial score (nSPS) is 11.7. The third-order valence-electron chi connectivity index (χ3n) is 9.52. The van der Waals surface area contributed by atoms with Crippen LogP contribution < -0.4 is 0 Å².